The molecule has 0 saturated carbocycles. The Balaban J connectivity index is 2.23. The molecule has 2 nitrogen and oxygen atoms in total. The molecule has 94 valence electrons. The average molecular weight is 281 g/mol. The van der Waals surface area contributed by atoms with E-state index in [-0.39, 0.29) is 6.04 Å². The Bertz CT molecular complexity index is 529. The van der Waals surface area contributed by atoms with E-state index in [2.05, 4.69) is 16.4 Å². The molecule has 1 aromatic carbocycles. The van der Waals surface area contributed by atoms with Gasteiger partial charge in [0.25, 0.3) is 0 Å². The molecular weight excluding hydrogens is 267 g/mol. The van der Waals surface area contributed by atoms with Crippen molar-refractivity contribution in [1.82, 2.24) is 10.3 Å². The van der Waals surface area contributed by atoms with E-state index >= 15 is 0 Å². The zero-order chi connectivity index (χ0) is 13.0. The van der Waals surface area contributed by atoms with Gasteiger partial charge in [-0.05, 0) is 42.8 Å². The minimum absolute atomic E-state index is 0.184. The maximum Gasteiger partial charge on any atom is 0.0622 e. The second-order valence-electron chi connectivity index (χ2n) is 4.07. The van der Waals surface area contributed by atoms with E-state index in [4.69, 9.17) is 23.2 Å². The SMILES string of the molecule is CNC(Cc1ccncc1Cl)c1cccc(Cl)c1. The summed E-state index contributed by atoms with van der Waals surface area (Å²) in [7, 11) is 1.93. The fourth-order valence-corrected chi connectivity index (χ4v) is 2.29. The van der Waals surface area contributed by atoms with Crippen molar-refractivity contribution in [3.8, 4) is 0 Å². The van der Waals surface area contributed by atoms with Crippen molar-refractivity contribution in [3.63, 3.8) is 0 Å². The van der Waals surface area contributed by atoms with Crippen LogP contribution in [0.3, 0.4) is 0 Å². The first-order valence-electron chi connectivity index (χ1n) is 5.72. The van der Waals surface area contributed by atoms with E-state index < -0.39 is 0 Å². The summed E-state index contributed by atoms with van der Waals surface area (Å²) in [6.07, 6.45) is 4.23. The fraction of sp³-hybridized carbons (Fsp3) is 0.214. The largest absolute Gasteiger partial charge is 0.313 e. The van der Waals surface area contributed by atoms with E-state index in [0.717, 1.165) is 22.6 Å². The number of nitrogens with zero attached hydrogens (tertiary/aromatic N) is 1. The van der Waals surface area contributed by atoms with Gasteiger partial charge in [0, 0.05) is 23.5 Å². The van der Waals surface area contributed by atoms with Crippen molar-refractivity contribution in [1.29, 1.82) is 0 Å². The molecule has 1 heterocycles. The second kappa shape index (κ2) is 6.19. The number of nitrogens with one attached hydrogen (secondary N) is 1. The molecule has 0 amide bonds. The molecule has 0 aliphatic heterocycles. The van der Waals surface area contributed by atoms with Crippen LogP contribution in [0.1, 0.15) is 17.2 Å². The summed E-state index contributed by atoms with van der Waals surface area (Å²) in [5.41, 5.74) is 2.23. The van der Waals surface area contributed by atoms with Gasteiger partial charge in [-0.1, -0.05) is 35.3 Å². The van der Waals surface area contributed by atoms with Gasteiger partial charge < -0.3 is 5.32 Å². The van der Waals surface area contributed by atoms with Crippen molar-refractivity contribution >= 4 is 23.2 Å². The van der Waals surface area contributed by atoms with Gasteiger partial charge in [0.2, 0.25) is 0 Å². The van der Waals surface area contributed by atoms with Gasteiger partial charge in [0.15, 0.2) is 0 Å². The number of halogens is 2. The summed E-state index contributed by atoms with van der Waals surface area (Å²) in [5, 5.41) is 4.72. The summed E-state index contributed by atoms with van der Waals surface area (Å²) in [6.45, 7) is 0. The van der Waals surface area contributed by atoms with Crippen LogP contribution in [0.2, 0.25) is 10.0 Å². The summed E-state index contributed by atoms with van der Waals surface area (Å²) >= 11 is 12.1. The smallest absolute Gasteiger partial charge is 0.0622 e. The Labute approximate surface area is 117 Å². The summed E-state index contributed by atoms with van der Waals surface area (Å²) in [6, 6.07) is 9.98. The van der Waals surface area contributed by atoms with Crippen LogP contribution in [-0.4, -0.2) is 12.0 Å². The molecular formula is C14H14Cl2N2. The molecule has 1 N–H and O–H groups in total. The van der Waals surface area contributed by atoms with Crippen LogP contribution in [0.4, 0.5) is 0 Å². The quantitative estimate of drug-likeness (QED) is 0.919. The number of likely N-dealkylation sites (N-methyl/N-ethyl adjacent to an activating group) is 1. The van der Waals surface area contributed by atoms with Crippen LogP contribution in [0.5, 0.6) is 0 Å². The molecule has 0 aliphatic rings. The molecule has 18 heavy (non-hydrogen) atoms. The van der Waals surface area contributed by atoms with Gasteiger partial charge in [-0.25, -0.2) is 0 Å². The van der Waals surface area contributed by atoms with Crippen molar-refractivity contribution in [2.24, 2.45) is 0 Å². The lowest BCUT2D eigenvalue weighted by Gasteiger charge is -2.17. The maximum absolute atomic E-state index is 6.13. The standard InChI is InChI=1S/C14H14Cl2N2/c1-17-14(11-3-2-4-12(15)7-11)8-10-5-6-18-9-13(10)16/h2-7,9,14,17H,8H2,1H3. The van der Waals surface area contributed by atoms with Crippen molar-refractivity contribution in [2.45, 2.75) is 12.5 Å². The first kappa shape index (κ1) is 13.3. The van der Waals surface area contributed by atoms with Gasteiger partial charge in [-0.3, -0.25) is 4.98 Å². The minimum Gasteiger partial charge on any atom is -0.313 e. The fourth-order valence-electron chi connectivity index (χ4n) is 1.90. The van der Waals surface area contributed by atoms with Gasteiger partial charge in [-0.2, -0.15) is 0 Å². The van der Waals surface area contributed by atoms with Crippen LogP contribution < -0.4 is 5.32 Å². The van der Waals surface area contributed by atoms with Crippen LogP contribution >= 0.6 is 23.2 Å². The predicted octanol–water partition coefficient (Wildman–Crippen LogP) is 3.89. The number of benzene rings is 1. The molecule has 1 atom stereocenters. The monoisotopic (exact) mass is 280 g/mol. The molecule has 0 saturated heterocycles. The third-order valence-corrected chi connectivity index (χ3v) is 3.46. The van der Waals surface area contributed by atoms with Gasteiger partial charge >= 0.3 is 0 Å². The van der Waals surface area contributed by atoms with E-state index in [1.165, 1.54) is 0 Å². The molecule has 2 aromatic rings. The molecule has 1 aromatic heterocycles. The summed E-state index contributed by atoms with van der Waals surface area (Å²) in [5.74, 6) is 0. The molecule has 0 spiro atoms. The van der Waals surface area contributed by atoms with Gasteiger partial charge in [-0.15, -0.1) is 0 Å². The Morgan fingerprint density at radius 3 is 2.78 bits per heavy atom. The second-order valence-corrected chi connectivity index (χ2v) is 4.91. The van der Waals surface area contributed by atoms with Crippen molar-refractivity contribution in [3.05, 3.63) is 63.9 Å². The van der Waals surface area contributed by atoms with Crippen LogP contribution in [0.15, 0.2) is 42.7 Å². The number of rotatable bonds is 4. The average Bonchev–Trinajstić information content (AvgIpc) is 2.38. The Morgan fingerprint density at radius 1 is 1.28 bits per heavy atom. The summed E-state index contributed by atoms with van der Waals surface area (Å²) < 4.78 is 0. The number of pyridine rings is 1. The number of hydrogen-bond acceptors (Lipinski definition) is 2. The number of aromatic nitrogens is 1. The molecule has 0 radical (unpaired) electrons. The van der Waals surface area contributed by atoms with Crippen LogP contribution in [0.25, 0.3) is 0 Å². The Hall–Kier alpha value is -1.09. The van der Waals surface area contributed by atoms with Gasteiger partial charge in [0.1, 0.15) is 0 Å². The zero-order valence-electron chi connectivity index (χ0n) is 10.0. The van der Waals surface area contributed by atoms with Crippen molar-refractivity contribution < 1.29 is 0 Å². The van der Waals surface area contributed by atoms with E-state index in [1.807, 2.05) is 31.3 Å². The molecule has 0 bridgehead atoms. The molecule has 4 heteroatoms. The van der Waals surface area contributed by atoms with E-state index in [0.29, 0.717) is 5.02 Å². The molecule has 1 unspecified atom stereocenters. The minimum atomic E-state index is 0.184. The van der Waals surface area contributed by atoms with Gasteiger partial charge in [0.05, 0.1) is 5.02 Å². The highest BCUT2D eigenvalue weighted by atomic mass is 35.5. The third-order valence-electron chi connectivity index (χ3n) is 2.88. The Morgan fingerprint density at radius 2 is 2.11 bits per heavy atom. The molecule has 0 aliphatic carbocycles. The van der Waals surface area contributed by atoms with E-state index in [1.54, 1.807) is 12.4 Å². The highest BCUT2D eigenvalue weighted by Gasteiger charge is 2.12. The van der Waals surface area contributed by atoms with Crippen LogP contribution in [0, 0.1) is 0 Å². The lowest BCUT2D eigenvalue weighted by molar-refractivity contribution is 0.592. The van der Waals surface area contributed by atoms with E-state index in [9.17, 15) is 0 Å². The maximum atomic E-state index is 6.13. The normalized spacial score (nSPS) is 12.4. The third kappa shape index (κ3) is 3.22. The highest BCUT2D eigenvalue weighted by Crippen LogP contribution is 2.24. The summed E-state index contributed by atoms with van der Waals surface area (Å²) in [4.78, 5) is 3.99. The molecule has 0 fully saturated rings. The lowest BCUT2D eigenvalue weighted by atomic mass is 10.00. The predicted molar refractivity (Wildman–Crippen MR) is 76.2 cm³/mol. The number of hydrogen-bond donors (Lipinski definition) is 1. The van der Waals surface area contributed by atoms with Crippen LogP contribution in [-0.2, 0) is 6.42 Å². The van der Waals surface area contributed by atoms with Crippen molar-refractivity contribution in [2.75, 3.05) is 7.05 Å². The topological polar surface area (TPSA) is 24.9 Å². The highest BCUT2D eigenvalue weighted by molar-refractivity contribution is 6.31. The first-order chi connectivity index (χ1) is 8.70. The zero-order valence-corrected chi connectivity index (χ0v) is 11.5. The molecule has 2 rings (SSSR count). The first-order valence-corrected chi connectivity index (χ1v) is 6.47. The Kier molecular flexibility index (Phi) is 4.59. The lowest BCUT2D eigenvalue weighted by Crippen LogP contribution is -2.19.